The molecular formula is C10H11N3S. The number of rotatable bonds is 2. The molecule has 0 spiro atoms. The summed E-state index contributed by atoms with van der Waals surface area (Å²) >= 11 is 1.62. The largest absolute Gasteiger partial charge is 0.254 e. The molecule has 0 radical (unpaired) electrons. The molecule has 3 nitrogen and oxygen atoms in total. The predicted octanol–water partition coefficient (Wildman–Crippen LogP) is 2.57. The molecule has 0 bridgehead atoms. The minimum atomic E-state index is 0.836. The molecule has 2 aromatic rings. The molecular weight excluding hydrogens is 194 g/mol. The van der Waals surface area contributed by atoms with E-state index < -0.39 is 0 Å². The monoisotopic (exact) mass is 205 g/mol. The van der Waals surface area contributed by atoms with Gasteiger partial charge in [0.15, 0.2) is 5.16 Å². The summed E-state index contributed by atoms with van der Waals surface area (Å²) in [6.07, 6.45) is 1.52. The lowest BCUT2D eigenvalue weighted by atomic mass is 10.2. The lowest BCUT2D eigenvalue weighted by molar-refractivity contribution is 0.971. The smallest absolute Gasteiger partial charge is 0.188 e. The zero-order valence-corrected chi connectivity index (χ0v) is 8.93. The van der Waals surface area contributed by atoms with Crippen molar-refractivity contribution in [3.05, 3.63) is 35.7 Å². The SMILES string of the molecule is Cc1cccc(C)c1Sc1ncn[nH]1. The van der Waals surface area contributed by atoms with Crippen molar-refractivity contribution in [2.75, 3.05) is 0 Å². The first-order valence-electron chi connectivity index (χ1n) is 4.37. The minimum Gasteiger partial charge on any atom is -0.254 e. The van der Waals surface area contributed by atoms with Crippen LogP contribution in [0.15, 0.2) is 34.6 Å². The van der Waals surface area contributed by atoms with Crippen molar-refractivity contribution in [3.8, 4) is 0 Å². The van der Waals surface area contributed by atoms with Gasteiger partial charge in [-0.2, -0.15) is 5.10 Å². The molecule has 0 saturated carbocycles. The van der Waals surface area contributed by atoms with Gasteiger partial charge in [-0.15, -0.1) is 0 Å². The number of nitrogens with zero attached hydrogens (tertiary/aromatic N) is 2. The Morgan fingerprint density at radius 2 is 1.93 bits per heavy atom. The van der Waals surface area contributed by atoms with Crippen LogP contribution in [0, 0.1) is 13.8 Å². The fourth-order valence-corrected chi connectivity index (χ4v) is 2.15. The van der Waals surface area contributed by atoms with E-state index >= 15 is 0 Å². The first-order chi connectivity index (χ1) is 6.77. The Labute approximate surface area is 87.0 Å². The molecule has 1 heterocycles. The Morgan fingerprint density at radius 1 is 1.21 bits per heavy atom. The van der Waals surface area contributed by atoms with Gasteiger partial charge in [0, 0.05) is 4.90 Å². The number of aromatic nitrogens is 3. The Morgan fingerprint density at radius 3 is 2.50 bits per heavy atom. The lowest BCUT2D eigenvalue weighted by Gasteiger charge is -2.05. The van der Waals surface area contributed by atoms with Gasteiger partial charge in [0.05, 0.1) is 0 Å². The zero-order chi connectivity index (χ0) is 9.97. The summed E-state index contributed by atoms with van der Waals surface area (Å²) in [5, 5.41) is 7.50. The fourth-order valence-electron chi connectivity index (χ4n) is 1.30. The van der Waals surface area contributed by atoms with E-state index in [1.165, 1.54) is 22.3 Å². The molecule has 4 heteroatoms. The van der Waals surface area contributed by atoms with Crippen LogP contribution in [0.3, 0.4) is 0 Å². The van der Waals surface area contributed by atoms with Crippen LogP contribution in [-0.4, -0.2) is 15.2 Å². The van der Waals surface area contributed by atoms with Gasteiger partial charge < -0.3 is 0 Å². The number of benzene rings is 1. The maximum atomic E-state index is 4.09. The van der Waals surface area contributed by atoms with Crippen molar-refractivity contribution in [1.82, 2.24) is 15.2 Å². The third-order valence-electron chi connectivity index (χ3n) is 2.00. The van der Waals surface area contributed by atoms with Gasteiger partial charge in [0.25, 0.3) is 0 Å². The molecule has 0 amide bonds. The van der Waals surface area contributed by atoms with Gasteiger partial charge in [-0.25, -0.2) is 4.98 Å². The Kier molecular flexibility index (Phi) is 2.54. The normalized spacial score (nSPS) is 10.4. The first-order valence-corrected chi connectivity index (χ1v) is 5.18. The summed E-state index contributed by atoms with van der Waals surface area (Å²) in [5.74, 6) is 0. The van der Waals surface area contributed by atoms with Gasteiger partial charge in [-0.3, -0.25) is 5.10 Å². The van der Waals surface area contributed by atoms with Crippen molar-refractivity contribution in [1.29, 1.82) is 0 Å². The van der Waals surface area contributed by atoms with E-state index in [-0.39, 0.29) is 0 Å². The molecule has 0 saturated heterocycles. The van der Waals surface area contributed by atoms with E-state index in [0.29, 0.717) is 0 Å². The molecule has 0 unspecified atom stereocenters. The fraction of sp³-hybridized carbons (Fsp3) is 0.200. The molecule has 0 aliphatic heterocycles. The number of hydrogen-bond acceptors (Lipinski definition) is 3. The molecule has 1 N–H and O–H groups in total. The first kappa shape index (κ1) is 9.27. The van der Waals surface area contributed by atoms with Crippen LogP contribution in [-0.2, 0) is 0 Å². The van der Waals surface area contributed by atoms with Gasteiger partial charge in [0.1, 0.15) is 6.33 Å². The number of H-pyrrole nitrogens is 1. The Balaban J connectivity index is 2.33. The van der Waals surface area contributed by atoms with Crippen LogP contribution in [0.4, 0.5) is 0 Å². The van der Waals surface area contributed by atoms with E-state index in [0.717, 1.165) is 5.16 Å². The van der Waals surface area contributed by atoms with Crippen LogP contribution < -0.4 is 0 Å². The lowest BCUT2D eigenvalue weighted by Crippen LogP contribution is -1.85. The quantitative estimate of drug-likeness (QED) is 0.819. The average molecular weight is 205 g/mol. The number of hydrogen-bond donors (Lipinski definition) is 1. The molecule has 72 valence electrons. The number of nitrogens with one attached hydrogen (secondary N) is 1. The molecule has 0 fully saturated rings. The zero-order valence-electron chi connectivity index (χ0n) is 8.11. The summed E-state index contributed by atoms with van der Waals surface area (Å²) in [6.45, 7) is 4.21. The molecule has 1 aromatic heterocycles. The highest BCUT2D eigenvalue weighted by molar-refractivity contribution is 7.99. The maximum absolute atomic E-state index is 4.09. The highest BCUT2D eigenvalue weighted by Gasteiger charge is 2.05. The van der Waals surface area contributed by atoms with Crippen molar-refractivity contribution in [3.63, 3.8) is 0 Å². The van der Waals surface area contributed by atoms with E-state index in [2.05, 4.69) is 47.2 Å². The van der Waals surface area contributed by atoms with Crippen molar-refractivity contribution < 1.29 is 0 Å². The maximum Gasteiger partial charge on any atom is 0.188 e. The van der Waals surface area contributed by atoms with E-state index in [4.69, 9.17) is 0 Å². The second-order valence-corrected chi connectivity index (χ2v) is 4.11. The van der Waals surface area contributed by atoms with Crippen LogP contribution in [0.25, 0.3) is 0 Å². The summed E-state index contributed by atoms with van der Waals surface area (Å²) in [4.78, 5) is 5.34. The minimum absolute atomic E-state index is 0.836. The third-order valence-corrected chi connectivity index (χ3v) is 3.24. The average Bonchev–Trinajstić information content (AvgIpc) is 2.64. The van der Waals surface area contributed by atoms with Crippen molar-refractivity contribution in [2.45, 2.75) is 23.9 Å². The molecule has 2 rings (SSSR count). The summed E-state index contributed by atoms with van der Waals surface area (Å²) in [6, 6.07) is 6.27. The van der Waals surface area contributed by atoms with Gasteiger partial charge >= 0.3 is 0 Å². The molecule has 0 aliphatic carbocycles. The van der Waals surface area contributed by atoms with E-state index in [1.807, 2.05) is 0 Å². The van der Waals surface area contributed by atoms with E-state index in [9.17, 15) is 0 Å². The van der Waals surface area contributed by atoms with Crippen LogP contribution in [0.5, 0.6) is 0 Å². The third kappa shape index (κ3) is 1.80. The topological polar surface area (TPSA) is 41.6 Å². The van der Waals surface area contributed by atoms with Gasteiger partial charge in [-0.1, -0.05) is 18.2 Å². The molecule has 14 heavy (non-hydrogen) atoms. The summed E-state index contributed by atoms with van der Waals surface area (Å²) in [7, 11) is 0. The van der Waals surface area contributed by atoms with Crippen LogP contribution >= 0.6 is 11.8 Å². The van der Waals surface area contributed by atoms with Crippen LogP contribution in [0.1, 0.15) is 11.1 Å². The Hall–Kier alpha value is -1.29. The highest BCUT2D eigenvalue weighted by Crippen LogP contribution is 2.29. The van der Waals surface area contributed by atoms with Crippen molar-refractivity contribution in [2.24, 2.45) is 0 Å². The molecule has 1 aromatic carbocycles. The summed E-state index contributed by atoms with van der Waals surface area (Å²) < 4.78 is 0. The number of aryl methyl sites for hydroxylation is 2. The molecule has 0 aliphatic rings. The van der Waals surface area contributed by atoms with E-state index in [1.54, 1.807) is 11.8 Å². The number of aromatic amines is 1. The van der Waals surface area contributed by atoms with Gasteiger partial charge in [-0.05, 0) is 36.7 Å². The molecule has 0 atom stereocenters. The standard InChI is InChI=1S/C10H11N3S/c1-7-4-3-5-8(2)9(7)14-10-11-6-12-13-10/h3-6H,1-2H3,(H,11,12,13). The van der Waals surface area contributed by atoms with Gasteiger partial charge in [0.2, 0.25) is 0 Å². The highest BCUT2D eigenvalue weighted by atomic mass is 32.2. The second kappa shape index (κ2) is 3.84. The predicted molar refractivity (Wildman–Crippen MR) is 56.4 cm³/mol. The summed E-state index contributed by atoms with van der Waals surface area (Å²) in [5.41, 5.74) is 2.54. The van der Waals surface area contributed by atoms with Crippen molar-refractivity contribution >= 4 is 11.8 Å². The second-order valence-electron chi connectivity index (χ2n) is 3.11. The Bertz CT molecular complexity index is 403. The van der Waals surface area contributed by atoms with Crippen LogP contribution in [0.2, 0.25) is 0 Å².